The van der Waals surface area contributed by atoms with Gasteiger partial charge in [-0.25, -0.2) is 13.8 Å². The Balaban J connectivity index is 1.67. The fourth-order valence-electron chi connectivity index (χ4n) is 4.23. The maximum Gasteiger partial charge on any atom is 0.288 e. The first-order valence-electron chi connectivity index (χ1n) is 10.3. The third-order valence-electron chi connectivity index (χ3n) is 6.23. The van der Waals surface area contributed by atoms with Crippen molar-refractivity contribution in [1.29, 1.82) is 0 Å². The molecule has 0 aromatic carbocycles. The molecule has 4 nitrogen and oxygen atoms in total. The number of nitrogens with zero attached hydrogens (tertiary/aromatic N) is 2. The molecule has 2 aromatic heterocycles. The van der Waals surface area contributed by atoms with E-state index in [1.807, 2.05) is 0 Å². The van der Waals surface area contributed by atoms with Gasteiger partial charge in [-0.3, -0.25) is 4.79 Å². The van der Waals surface area contributed by atoms with Gasteiger partial charge in [0, 0.05) is 32.0 Å². The molecule has 4 rings (SSSR count). The van der Waals surface area contributed by atoms with Crippen LogP contribution in [0.5, 0.6) is 0 Å². The molecule has 2 saturated carbocycles. The van der Waals surface area contributed by atoms with Crippen LogP contribution in [0.25, 0.3) is 5.65 Å². The van der Waals surface area contributed by atoms with E-state index in [-0.39, 0.29) is 71.9 Å². The molecule has 0 aliphatic heterocycles. The van der Waals surface area contributed by atoms with Gasteiger partial charge in [0.1, 0.15) is 11.3 Å². The van der Waals surface area contributed by atoms with Crippen molar-refractivity contribution in [2.45, 2.75) is 76.2 Å². The second kappa shape index (κ2) is 7.70. The second-order valence-corrected chi connectivity index (χ2v) is 9.07. The van der Waals surface area contributed by atoms with Crippen LogP contribution < -0.4 is 5.32 Å². The van der Waals surface area contributed by atoms with E-state index in [0.717, 1.165) is 26.2 Å². The van der Waals surface area contributed by atoms with Crippen LogP contribution in [0.1, 0.15) is 73.6 Å². The Kier molecular flexibility index (Phi) is 5.49. The molecule has 0 atom stereocenters. The lowest BCUT2D eigenvalue weighted by Gasteiger charge is -2.28. The molecule has 1 amide bonds. The van der Waals surface area contributed by atoms with Crippen molar-refractivity contribution in [3.8, 4) is 0 Å². The third-order valence-corrected chi connectivity index (χ3v) is 6.53. The second-order valence-electron chi connectivity index (χ2n) is 8.66. The number of amides is 1. The number of halogens is 5. The number of imidazole rings is 1. The van der Waals surface area contributed by atoms with Gasteiger partial charge >= 0.3 is 0 Å². The van der Waals surface area contributed by atoms with Crippen molar-refractivity contribution in [2.24, 2.45) is 5.92 Å². The maximum atomic E-state index is 14.3. The zero-order valence-electron chi connectivity index (χ0n) is 16.7. The summed E-state index contributed by atoms with van der Waals surface area (Å²) in [5, 5.41) is 3.02. The van der Waals surface area contributed by atoms with Gasteiger partial charge in [0.05, 0.1) is 16.3 Å². The van der Waals surface area contributed by atoms with E-state index < -0.39 is 17.5 Å². The summed E-state index contributed by atoms with van der Waals surface area (Å²) in [5.74, 6) is -6.37. The van der Waals surface area contributed by atoms with E-state index in [1.54, 1.807) is 0 Å². The zero-order valence-corrected chi connectivity index (χ0v) is 17.4. The number of rotatable bonds is 5. The van der Waals surface area contributed by atoms with Crippen LogP contribution in [0.4, 0.5) is 17.6 Å². The number of carbonyl (C=O) groups excluding carboxylic acids is 1. The lowest BCUT2D eigenvalue weighted by atomic mass is 9.83. The number of alkyl halides is 4. The Bertz CT molecular complexity index is 955. The van der Waals surface area contributed by atoms with Crippen molar-refractivity contribution >= 4 is 23.2 Å². The Morgan fingerprint density at radius 2 is 1.97 bits per heavy atom. The molecule has 2 fully saturated rings. The minimum atomic E-state index is -3.21. The van der Waals surface area contributed by atoms with Crippen molar-refractivity contribution in [3.63, 3.8) is 0 Å². The van der Waals surface area contributed by atoms with Gasteiger partial charge in [-0.1, -0.05) is 11.6 Å². The van der Waals surface area contributed by atoms with Crippen LogP contribution in [-0.2, 0) is 12.3 Å². The van der Waals surface area contributed by atoms with Crippen molar-refractivity contribution in [2.75, 3.05) is 0 Å². The summed E-state index contributed by atoms with van der Waals surface area (Å²) in [5.41, 5.74) is 0.259. The van der Waals surface area contributed by atoms with Crippen LogP contribution in [0, 0.1) is 5.92 Å². The monoisotopic (exact) mass is 445 g/mol. The highest BCUT2D eigenvalue weighted by Gasteiger charge is 2.38. The predicted octanol–water partition coefficient (Wildman–Crippen LogP) is 5.75. The number of hydrogen-bond acceptors (Lipinski definition) is 2. The SMILES string of the molecule is CC(F)(F)c1nc2cc(C(=O)NC3CCC3)c(Cl)cn2c1CC1CCC(F)(F)CC1. The predicted molar refractivity (Wildman–Crippen MR) is 105 cm³/mol. The quantitative estimate of drug-likeness (QED) is 0.595. The van der Waals surface area contributed by atoms with E-state index in [4.69, 9.17) is 11.6 Å². The fraction of sp³-hybridized carbons (Fsp3) is 0.619. The average Bonchev–Trinajstić information content (AvgIpc) is 2.97. The molecule has 9 heteroatoms. The molecule has 164 valence electrons. The Hall–Kier alpha value is -1.83. The Morgan fingerprint density at radius 3 is 2.53 bits per heavy atom. The van der Waals surface area contributed by atoms with Crippen molar-refractivity contribution < 1.29 is 22.4 Å². The average molecular weight is 446 g/mol. The third kappa shape index (κ3) is 4.29. The minimum Gasteiger partial charge on any atom is -0.349 e. The first-order chi connectivity index (χ1) is 14.0. The van der Waals surface area contributed by atoms with Crippen LogP contribution in [-0.4, -0.2) is 27.3 Å². The summed E-state index contributed by atoms with van der Waals surface area (Å²) < 4.78 is 57.0. The fourth-order valence-corrected chi connectivity index (χ4v) is 4.46. The van der Waals surface area contributed by atoms with Gasteiger partial charge in [-0.15, -0.1) is 0 Å². The standard InChI is InChI=1S/C21H24ClF4N3O/c1-20(23,24)18-16(9-12-5-7-21(25,26)8-6-12)29-11-15(22)14(10-17(29)28-18)19(30)27-13-3-2-4-13/h10-13H,2-9H2,1H3,(H,27,30). The van der Waals surface area contributed by atoms with E-state index in [0.29, 0.717) is 0 Å². The van der Waals surface area contributed by atoms with E-state index in [2.05, 4.69) is 10.3 Å². The molecular formula is C21H24ClF4N3O. The number of fused-ring (bicyclic) bond motifs is 1. The number of nitrogens with one attached hydrogen (secondary N) is 1. The summed E-state index contributed by atoms with van der Waals surface area (Å²) >= 11 is 6.32. The van der Waals surface area contributed by atoms with Crippen molar-refractivity contribution in [3.05, 3.63) is 34.2 Å². The topological polar surface area (TPSA) is 46.4 Å². The van der Waals surface area contributed by atoms with Crippen LogP contribution in [0.15, 0.2) is 12.3 Å². The smallest absolute Gasteiger partial charge is 0.288 e. The molecule has 1 N–H and O–H groups in total. The minimum absolute atomic E-state index is 0.111. The molecule has 30 heavy (non-hydrogen) atoms. The van der Waals surface area contributed by atoms with Gasteiger partial charge in [-0.2, -0.15) is 8.78 Å². The summed E-state index contributed by atoms with van der Waals surface area (Å²) in [7, 11) is 0. The van der Waals surface area contributed by atoms with Crippen LogP contribution in [0.3, 0.4) is 0 Å². The highest BCUT2D eigenvalue weighted by Crippen LogP contribution is 2.39. The molecule has 0 saturated heterocycles. The summed E-state index contributed by atoms with van der Waals surface area (Å²) in [6, 6.07) is 1.53. The normalized spacial score (nSPS) is 20.3. The largest absolute Gasteiger partial charge is 0.349 e. The highest BCUT2D eigenvalue weighted by atomic mass is 35.5. The molecule has 0 bridgehead atoms. The Morgan fingerprint density at radius 1 is 1.30 bits per heavy atom. The van der Waals surface area contributed by atoms with Gasteiger partial charge in [0.15, 0.2) is 0 Å². The first kappa shape index (κ1) is 21.4. The molecule has 2 aromatic rings. The molecule has 2 aliphatic rings. The highest BCUT2D eigenvalue weighted by molar-refractivity contribution is 6.33. The van der Waals surface area contributed by atoms with Crippen LogP contribution >= 0.6 is 11.6 Å². The van der Waals surface area contributed by atoms with E-state index in [1.165, 1.54) is 16.7 Å². The molecule has 2 aliphatic carbocycles. The molecular weight excluding hydrogens is 422 g/mol. The number of carbonyl (C=O) groups is 1. The molecule has 0 radical (unpaired) electrons. The van der Waals surface area contributed by atoms with Gasteiger partial charge in [0.25, 0.3) is 11.8 Å². The number of aromatic nitrogens is 2. The van der Waals surface area contributed by atoms with Gasteiger partial charge < -0.3 is 9.72 Å². The van der Waals surface area contributed by atoms with Gasteiger partial charge in [0.2, 0.25) is 5.92 Å². The Labute approximate surface area is 177 Å². The number of hydrogen-bond donors (Lipinski definition) is 1. The maximum absolute atomic E-state index is 14.3. The zero-order chi connectivity index (χ0) is 21.7. The summed E-state index contributed by atoms with van der Waals surface area (Å²) in [4.78, 5) is 16.6. The van der Waals surface area contributed by atoms with E-state index >= 15 is 0 Å². The van der Waals surface area contributed by atoms with Gasteiger partial charge in [-0.05, 0) is 50.5 Å². The molecule has 0 unspecified atom stereocenters. The first-order valence-corrected chi connectivity index (χ1v) is 10.7. The number of pyridine rings is 1. The van der Waals surface area contributed by atoms with Crippen molar-refractivity contribution in [1.82, 2.24) is 14.7 Å². The molecule has 0 spiro atoms. The van der Waals surface area contributed by atoms with E-state index in [9.17, 15) is 22.4 Å². The summed E-state index contributed by atoms with van der Waals surface area (Å²) in [6.07, 6.45) is 4.58. The van der Waals surface area contributed by atoms with Crippen LogP contribution in [0.2, 0.25) is 5.02 Å². The molecule has 2 heterocycles. The lowest BCUT2D eigenvalue weighted by Crippen LogP contribution is -2.39. The summed E-state index contributed by atoms with van der Waals surface area (Å²) in [6.45, 7) is 0.763. The lowest BCUT2D eigenvalue weighted by molar-refractivity contribution is -0.0460.